The van der Waals surface area contributed by atoms with Gasteiger partial charge in [0.05, 0.1) is 17.0 Å². The van der Waals surface area contributed by atoms with E-state index in [9.17, 15) is 18.0 Å². The summed E-state index contributed by atoms with van der Waals surface area (Å²) >= 11 is 12.2. The van der Waals surface area contributed by atoms with Gasteiger partial charge in [0.2, 0.25) is 15.9 Å². The summed E-state index contributed by atoms with van der Waals surface area (Å²) in [4.78, 5) is 24.1. The maximum absolute atomic E-state index is 12.8. The first-order valence-electron chi connectivity index (χ1n) is 9.29. The molecule has 0 aromatic heterocycles. The van der Waals surface area contributed by atoms with Crippen LogP contribution in [0, 0.1) is 5.92 Å². The van der Waals surface area contributed by atoms with E-state index in [-0.39, 0.29) is 36.2 Å². The Labute approximate surface area is 185 Å². The smallest absolute Gasteiger partial charge is 0.250 e. The van der Waals surface area contributed by atoms with Gasteiger partial charge in [0.25, 0.3) is 5.91 Å². The van der Waals surface area contributed by atoms with E-state index in [1.165, 1.54) is 10.4 Å². The highest BCUT2D eigenvalue weighted by molar-refractivity contribution is 7.88. The van der Waals surface area contributed by atoms with Crippen molar-refractivity contribution in [3.8, 4) is 0 Å². The van der Waals surface area contributed by atoms with E-state index in [1.54, 1.807) is 36.4 Å². The van der Waals surface area contributed by atoms with Crippen LogP contribution in [0.5, 0.6) is 0 Å². The highest BCUT2D eigenvalue weighted by Crippen LogP contribution is 2.29. The fourth-order valence-electron chi connectivity index (χ4n) is 3.38. The predicted molar refractivity (Wildman–Crippen MR) is 117 cm³/mol. The number of carbonyl (C=O) groups excluding carboxylic acids is 2. The molecule has 0 saturated carbocycles. The minimum absolute atomic E-state index is 0.208. The van der Waals surface area contributed by atoms with Crippen molar-refractivity contribution in [3.05, 3.63) is 63.6 Å². The number of para-hydroxylation sites is 1. The zero-order valence-corrected chi connectivity index (χ0v) is 18.3. The van der Waals surface area contributed by atoms with E-state index in [4.69, 9.17) is 28.9 Å². The van der Waals surface area contributed by atoms with Crippen molar-refractivity contribution >= 4 is 50.7 Å². The predicted octanol–water partition coefficient (Wildman–Crippen LogP) is 3.27. The molecule has 0 radical (unpaired) electrons. The first-order valence-corrected chi connectivity index (χ1v) is 11.7. The quantitative estimate of drug-likeness (QED) is 0.675. The summed E-state index contributed by atoms with van der Waals surface area (Å²) in [5.74, 6) is -1.57. The Bertz CT molecular complexity index is 1050. The topological polar surface area (TPSA) is 110 Å². The van der Waals surface area contributed by atoms with Gasteiger partial charge in [-0.25, -0.2) is 12.7 Å². The molecule has 3 rings (SSSR count). The Balaban J connectivity index is 1.63. The monoisotopic (exact) mass is 469 g/mol. The number of nitrogens with one attached hydrogen (secondary N) is 1. The number of anilines is 1. The number of rotatable bonds is 6. The number of nitrogens with two attached hydrogens (primary N) is 1. The third kappa shape index (κ3) is 5.13. The minimum Gasteiger partial charge on any atom is -0.366 e. The summed E-state index contributed by atoms with van der Waals surface area (Å²) in [6, 6.07) is 11.3. The first kappa shape index (κ1) is 22.6. The third-order valence-electron chi connectivity index (χ3n) is 5.06. The van der Waals surface area contributed by atoms with Crippen molar-refractivity contribution in [2.75, 3.05) is 18.4 Å². The Morgan fingerprint density at radius 1 is 1.03 bits per heavy atom. The van der Waals surface area contributed by atoms with Crippen LogP contribution in [-0.2, 0) is 20.6 Å². The highest BCUT2D eigenvalue weighted by Gasteiger charge is 2.32. The van der Waals surface area contributed by atoms with Crippen molar-refractivity contribution in [3.63, 3.8) is 0 Å². The molecule has 30 heavy (non-hydrogen) atoms. The summed E-state index contributed by atoms with van der Waals surface area (Å²) in [5.41, 5.74) is 6.27. The molecule has 0 unspecified atom stereocenters. The molecule has 10 heteroatoms. The van der Waals surface area contributed by atoms with Crippen molar-refractivity contribution < 1.29 is 18.0 Å². The standard InChI is InChI=1S/C20H21Cl2N3O4S/c21-16-5-3-6-17(22)15(16)12-30(28,29)25-10-8-13(9-11-25)20(27)24-18-7-2-1-4-14(18)19(23)26/h1-7,13H,8-12H2,(H2,23,26)(H,24,27). The van der Waals surface area contributed by atoms with Gasteiger partial charge in [-0.15, -0.1) is 0 Å². The number of piperidine rings is 1. The van der Waals surface area contributed by atoms with Crippen LogP contribution in [0.4, 0.5) is 5.69 Å². The van der Waals surface area contributed by atoms with Crippen molar-refractivity contribution in [2.24, 2.45) is 11.7 Å². The maximum Gasteiger partial charge on any atom is 0.250 e. The number of carbonyl (C=O) groups is 2. The van der Waals surface area contributed by atoms with Gasteiger partial charge in [0.1, 0.15) is 0 Å². The van der Waals surface area contributed by atoms with Crippen molar-refractivity contribution in [1.29, 1.82) is 0 Å². The number of hydrogen-bond acceptors (Lipinski definition) is 4. The number of hydrogen-bond donors (Lipinski definition) is 2. The van der Waals surface area contributed by atoms with E-state index in [0.29, 0.717) is 34.1 Å². The molecule has 1 fully saturated rings. The largest absolute Gasteiger partial charge is 0.366 e. The Morgan fingerprint density at radius 3 is 2.23 bits per heavy atom. The second-order valence-corrected chi connectivity index (χ2v) is 9.81. The highest BCUT2D eigenvalue weighted by atomic mass is 35.5. The molecule has 1 aliphatic heterocycles. The van der Waals surface area contributed by atoms with Crippen LogP contribution in [0.15, 0.2) is 42.5 Å². The van der Waals surface area contributed by atoms with Gasteiger partial charge in [0.15, 0.2) is 0 Å². The molecular weight excluding hydrogens is 449 g/mol. The molecule has 0 atom stereocenters. The van der Waals surface area contributed by atoms with E-state index in [2.05, 4.69) is 5.32 Å². The van der Waals surface area contributed by atoms with Gasteiger partial charge >= 0.3 is 0 Å². The van der Waals surface area contributed by atoms with Crippen LogP contribution in [0.1, 0.15) is 28.8 Å². The maximum atomic E-state index is 12.8. The van der Waals surface area contributed by atoms with E-state index >= 15 is 0 Å². The molecule has 0 aliphatic carbocycles. The Morgan fingerprint density at radius 2 is 1.63 bits per heavy atom. The second kappa shape index (κ2) is 9.34. The molecule has 1 aliphatic rings. The van der Waals surface area contributed by atoms with Gasteiger partial charge in [-0.1, -0.05) is 41.4 Å². The van der Waals surface area contributed by atoms with Gasteiger partial charge in [-0.3, -0.25) is 9.59 Å². The molecule has 2 aromatic carbocycles. The zero-order valence-electron chi connectivity index (χ0n) is 16.0. The molecular formula is C20H21Cl2N3O4S. The van der Waals surface area contributed by atoms with Gasteiger partial charge in [-0.05, 0) is 37.1 Å². The van der Waals surface area contributed by atoms with E-state index in [0.717, 1.165) is 0 Å². The number of nitrogens with zero attached hydrogens (tertiary/aromatic N) is 1. The number of primary amides is 1. The molecule has 2 aromatic rings. The molecule has 1 saturated heterocycles. The zero-order chi connectivity index (χ0) is 21.9. The second-order valence-electron chi connectivity index (χ2n) is 7.03. The van der Waals surface area contributed by atoms with Crippen LogP contribution in [0.25, 0.3) is 0 Å². The van der Waals surface area contributed by atoms with Crippen LogP contribution in [0.3, 0.4) is 0 Å². The van der Waals surface area contributed by atoms with Crippen LogP contribution >= 0.6 is 23.2 Å². The number of amides is 2. The lowest BCUT2D eigenvalue weighted by Crippen LogP contribution is -2.42. The molecule has 1 heterocycles. The number of benzene rings is 2. The lowest BCUT2D eigenvalue weighted by Gasteiger charge is -2.30. The summed E-state index contributed by atoms with van der Waals surface area (Å²) in [6.07, 6.45) is 0.722. The average Bonchev–Trinajstić information content (AvgIpc) is 2.71. The minimum atomic E-state index is -3.64. The first-order chi connectivity index (χ1) is 14.2. The van der Waals surface area contributed by atoms with E-state index < -0.39 is 15.9 Å². The molecule has 160 valence electrons. The van der Waals surface area contributed by atoms with Crippen molar-refractivity contribution in [1.82, 2.24) is 4.31 Å². The summed E-state index contributed by atoms with van der Waals surface area (Å²) < 4.78 is 27.0. The number of sulfonamides is 1. The molecule has 0 bridgehead atoms. The van der Waals surface area contributed by atoms with Gasteiger partial charge in [0, 0.05) is 34.6 Å². The average molecular weight is 470 g/mol. The van der Waals surface area contributed by atoms with Crippen LogP contribution in [-0.4, -0.2) is 37.6 Å². The lowest BCUT2D eigenvalue weighted by atomic mass is 9.97. The molecule has 3 N–H and O–H groups in total. The third-order valence-corrected chi connectivity index (χ3v) is 7.57. The van der Waals surface area contributed by atoms with Crippen LogP contribution in [0.2, 0.25) is 10.0 Å². The summed E-state index contributed by atoms with van der Waals surface area (Å²) in [6.45, 7) is 0.417. The number of halogens is 2. The van der Waals surface area contributed by atoms with Crippen LogP contribution < -0.4 is 11.1 Å². The van der Waals surface area contributed by atoms with E-state index in [1.807, 2.05) is 0 Å². The SMILES string of the molecule is NC(=O)c1ccccc1NC(=O)C1CCN(S(=O)(=O)Cc2c(Cl)cccc2Cl)CC1. The lowest BCUT2D eigenvalue weighted by molar-refractivity contribution is -0.120. The summed E-state index contributed by atoms with van der Waals surface area (Å²) in [7, 11) is -3.64. The van der Waals surface area contributed by atoms with Crippen molar-refractivity contribution in [2.45, 2.75) is 18.6 Å². The Kier molecular flexibility index (Phi) is 7.02. The Hall–Kier alpha value is -2.13. The normalized spacial score (nSPS) is 15.7. The fraction of sp³-hybridized carbons (Fsp3) is 0.300. The van der Waals surface area contributed by atoms with Gasteiger partial charge in [-0.2, -0.15) is 0 Å². The van der Waals surface area contributed by atoms with Gasteiger partial charge < -0.3 is 11.1 Å². The molecule has 2 amide bonds. The molecule has 7 nitrogen and oxygen atoms in total. The molecule has 0 spiro atoms. The summed E-state index contributed by atoms with van der Waals surface area (Å²) in [5, 5.41) is 3.33. The fourth-order valence-corrected chi connectivity index (χ4v) is 5.70.